The molecule has 1 aromatic rings. The van der Waals surface area contributed by atoms with Crippen molar-refractivity contribution in [3.63, 3.8) is 0 Å². The number of amides is 2. The Labute approximate surface area is 163 Å². The molecule has 28 heavy (non-hydrogen) atoms. The molecule has 3 heterocycles. The summed E-state index contributed by atoms with van der Waals surface area (Å²) in [5.74, 6) is -2.71. The predicted molar refractivity (Wildman–Crippen MR) is 97.0 cm³/mol. The molecule has 1 fully saturated rings. The molecule has 2 aliphatic heterocycles. The second-order valence-electron chi connectivity index (χ2n) is 6.16. The molecule has 10 nitrogen and oxygen atoms in total. The first-order chi connectivity index (χ1) is 13.3. The van der Waals surface area contributed by atoms with Gasteiger partial charge in [0.1, 0.15) is 30.3 Å². The Balaban J connectivity index is 1.70. The topological polar surface area (TPSA) is 135 Å². The van der Waals surface area contributed by atoms with E-state index in [0.717, 1.165) is 4.90 Å². The van der Waals surface area contributed by atoms with E-state index >= 15 is 0 Å². The SMILES string of the molecule is CC(=O)OCC1=C(C(=O)O)N2C(=O)[C@@H](NC(=O)Cn3ccccc3=O)[C@H]2SC1. The first kappa shape index (κ1) is 19.7. The zero-order chi connectivity index (χ0) is 20.4. The average Bonchev–Trinajstić information content (AvgIpc) is 2.65. The van der Waals surface area contributed by atoms with Crippen LogP contribution in [0, 0.1) is 0 Å². The molecule has 2 amide bonds. The highest BCUT2D eigenvalue weighted by Crippen LogP contribution is 2.40. The minimum Gasteiger partial charge on any atom is -0.477 e. The number of carbonyl (C=O) groups excluding carboxylic acids is 3. The molecule has 0 unspecified atom stereocenters. The molecule has 0 radical (unpaired) electrons. The minimum absolute atomic E-state index is 0.214. The number of nitrogens with zero attached hydrogens (tertiary/aromatic N) is 2. The third-order valence-electron chi connectivity index (χ3n) is 4.23. The Bertz CT molecular complexity index is 939. The van der Waals surface area contributed by atoms with Gasteiger partial charge in [0.25, 0.3) is 11.5 Å². The van der Waals surface area contributed by atoms with Crippen LogP contribution in [-0.2, 0) is 30.5 Å². The van der Waals surface area contributed by atoms with Gasteiger partial charge in [-0.05, 0) is 6.07 Å². The largest absolute Gasteiger partial charge is 0.477 e. The molecule has 0 bridgehead atoms. The number of carboxylic acids is 1. The molecule has 2 aliphatic rings. The summed E-state index contributed by atoms with van der Waals surface area (Å²) in [6.45, 7) is 0.743. The van der Waals surface area contributed by atoms with Crippen molar-refractivity contribution in [3.05, 3.63) is 46.0 Å². The Morgan fingerprint density at radius 1 is 1.32 bits per heavy atom. The van der Waals surface area contributed by atoms with Crippen LogP contribution in [-0.4, -0.2) is 62.1 Å². The van der Waals surface area contributed by atoms with Gasteiger partial charge in [0.05, 0.1) is 0 Å². The first-order valence-electron chi connectivity index (χ1n) is 8.27. The van der Waals surface area contributed by atoms with Crippen LogP contribution in [0.3, 0.4) is 0 Å². The Morgan fingerprint density at radius 3 is 2.71 bits per heavy atom. The van der Waals surface area contributed by atoms with E-state index < -0.39 is 35.2 Å². The number of hydrogen-bond acceptors (Lipinski definition) is 7. The van der Waals surface area contributed by atoms with E-state index in [0.29, 0.717) is 5.57 Å². The van der Waals surface area contributed by atoms with E-state index in [1.54, 1.807) is 12.1 Å². The van der Waals surface area contributed by atoms with Crippen molar-refractivity contribution in [3.8, 4) is 0 Å². The Hall–Kier alpha value is -3.08. The molecule has 1 saturated heterocycles. The lowest BCUT2D eigenvalue weighted by Gasteiger charge is -2.49. The number of fused-ring (bicyclic) bond motifs is 1. The van der Waals surface area contributed by atoms with Crippen LogP contribution in [0.25, 0.3) is 0 Å². The van der Waals surface area contributed by atoms with Crippen LogP contribution in [0.2, 0.25) is 0 Å². The number of ether oxygens (including phenoxy) is 1. The summed E-state index contributed by atoms with van der Waals surface area (Å²) in [4.78, 5) is 60.1. The number of aliphatic carboxylic acids is 1. The van der Waals surface area contributed by atoms with Gasteiger partial charge in [-0.1, -0.05) is 6.07 Å². The van der Waals surface area contributed by atoms with Crippen molar-refractivity contribution in [2.24, 2.45) is 0 Å². The number of aromatic nitrogens is 1. The van der Waals surface area contributed by atoms with Crippen molar-refractivity contribution < 1.29 is 29.0 Å². The number of carbonyl (C=O) groups is 4. The molecule has 2 N–H and O–H groups in total. The lowest BCUT2D eigenvalue weighted by atomic mass is 10.0. The van der Waals surface area contributed by atoms with E-state index in [4.69, 9.17) is 4.74 Å². The number of nitrogens with one attached hydrogen (secondary N) is 1. The van der Waals surface area contributed by atoms with Gasteiger partial charge in [0, 0.05) is 30.5 Å². The van der Waals surface area contributed by atoms with E-state index in [1.807, 2.05) is 0 Å². The smallest absolute Gasteiger partial charge is 0.352 e. The first-order valence-corrected chi connectivity index (χ1v) is 9.32. The van der Waals surface area contributed by atoms with E-state index in [9.17, 15) is 29.1 Å². The third-order valence-corrected chi connectivity index (χ3v) is 5.57. The van der Waals surface area contributed by atoms with Gasteiger partial charge in [-0.3, -0.25) is 24.1 Å². The van der Waals surface area contributed by atoms with Crippen molar-refractivity contribution in [1.29, 1.82) is 0 Å². The maximum Gasteiger partial charge on any atom is 0.352 e. The van der Waals surface area contributed by atoms with E-state index in [2.05, 4.69) is 5.32 Å². The molecule has 1 aromatic heterocycles. The van der Waals surface area contributed by atoms with Gasteiger partial charge in [0.15, 0.2) is 0 Å². The summed E-state index contributed by atoms with van der Waals surface area (Å²) in [7, 11) is 0. The molecule has 148 valence electrons. The zero-order valence-electron chi connectivity index (χ0n) is 14.8. The summed E-state index contributed by atoms with van der Waals surface area (Å²) in [5.41, 5.74) is -0.254. The van der Waals surface area contributed by atoms with Crippen LogP contribution in [0.1, 0.15) is 6.92 Å². The molecule has 0 aliphatic carbocycles. The molecule has 3 rings (SSSR count). The monoisotopic (exact) mass is 407 g/mol. The van der Waals surface area contributed by atoms with Crippen molar-refractivity contribution in [1.82, 2.24) is 14.8 Å². The highest BCUT2D eigenvalue weighted by molar-refractivity contribution is 8.00. The van der Waals surface area contributed by atoms with Crippen molar-refractivity contribution in [2.75, 3.05) is 12.4 Å². The summed E-state index contributed by atoms with van der Waals surface area (Å²) in [5, 5.41) is 11.5. The standard InChI is InChI=1S/C17H17N3O7S/c1-9(21)27-7-10-8-28-16-13(15(24)20(16)14(10)17(25)26)18-11(22)6-19-5-3-2-4-12(19)23/h2-5,13,16H,6-8H2,1H3,(H,18,22)(H,25,26)/t13-,16-/m1/s1. The fraction of sp³-hybridized carbons (Fsp3) is 0.353. The van der Waals surface area contributed by atoms with Crippen LogP contribution < -0.4 is 10.9 Å². The fourth-order valence-electron chi connectivity index (χ4n) is 2.95. The van der Waals surface area contributed by atoms with Crippen molar-refractivity contribution in [2.45, 2.75) is 24.9 Å². The Kier molecular flexibility index (Phi) is 5.54. The number of β-lactam (4-membered cyclic amide) rings is 1. The maximum atomic E-state index is 12.5. The average molecular weight is 407 g/mol. The number of hydrogen-bond donors (Lipinski definition) is 2. The number of pyridine rings is 1. The van der Waals surface area contributed by atoms with Gasteiger partial charge < -0.3 is 19.7 Å². The lowest BCUT2D eigenvalue weighted by Crippen LogP contribution is -2.70. The number of esters is 1. The highest BCUT2D eigenvalue weighted by atomic mass is 32.2. The molecular weight excluding hydrogens is 390 g/mol. The third kappa shape index (κ3) is 3.79. The summed E-state index contributed by atoms with van der Waals surface area (Å²) in [6, 6.07) is 3.59. The fourth-order valence-corrected chi connectivity index (χ4v) is 4.28. The second-order valence-corrected chi connectivity index (χ2v) is 7.26. The number of carboxylic acid groups (broad SMARTS) is 1. The molecule has 11 heteroatoms. The molecule has 0 saturated carbocycles. The normalized spacial score (nSPS) is 20.9. The zero-order valence-corrected chi connectivity index (χ0v) is 15.6. The molecule has 0 spiro atoms. The number of thioether (sulfide) groups is 1. The molecular formula is C17H17N3O7S. The van der Waals surface area contributed by atoms with E-state index in [-0.39, 0.29) is 30.2 Å². The highest BCUT2D eigenvalue weighted by Gasteiger charge is 2.54. The summed E-state index contributed by atoms with van der Waals surface area (Å²) in [6.07, 6.45) is 1.46. The van der Waals surface area contributed by atoms with Crippen LogP contribution in [0.15, 0.2) is 40.5 Å². The van der Waals surface area contributed by atoms with Gasteiger partial charge in [-0.25, -0.2) is 4.79 Å². The van der Waals surface area contributed by atoms with Crippen LogP contribution in [0.5, 0.6) is 0 Å². The van der Waals surface area contributed by atoms with Gasteiger partial charge >= 0.3 is 11.9 Å². The second kappa shape index (κ2) is 7.89. The van der Waals surface area contributed by atoms with Gasteiger partial charge in [-0.2, -0.15) is 0 Å². The molecule has 2 atom stereocenters. The van der Waals surface area contributed by atoms with Crippen LogP contribution >= 0.6 is 11.8 Å². The Morgan fingerprint density at radius 2 is 2.07 bits per heavy atom. The maximum absolute atomic E-state index is 12.5. The minimum atomic E-state index is -1.30. The van der Waals surface area contributed by atoms with Crippen molar-refractivity contribution >= 4 is 35.5 Å². The lowest BCUT2D eigenvalue weighted by molar-refractivity contribution is -0.151. The van der Waals surface area contributed by atoms with E-state index in [1.165, 1.54) is 35.5 Å². The van der Waals surface area contributed by atoms with Gasteiger partial charge in [-0.15, -0.1) is 11.8 Å². The quantitative estimate of drug-likeness (QED) is 0.460. The number of rotatable bonds is 6. The molecule has 0 aromatic carbocycles. The van der Waals surface area contributed by atoms with Crippen LogP contribution in [0.4, 0.5) is 0 Å². The predicted octanol–water partition coefficient (Wildman–Crippen LogP) is -0.850. The van der Waals surface area contributed by atoms with Gasteiger partial charge in [0.2, 0.25) is 5.91 Å². The summed E-state index contributed by atoms with van der Waals surface area (Å²) < 4.78 is 6.06. The summed E-state index contributed by atoms with van der Waals surface area (Å²) >= 11 is 1.27.